The fraction of sp³-hybridized carbons (Fsp3) is 0.167. The van der Waals surface area contributed by atoms with Crippen LogP contribution in [0.25, 0.3) is 0 Å². The molecule has 0 radical (unpaired) electrons. The molecule has 0 aliphatic carbocycles. The van der Waals surface area contributed by atoms with Gasteiger partial charge in [-0.05, 0) is 6.92 Å². The minimum absolute atomic E-state index is 0.945. The number of carbonyl (C=O) groups is 3. The van der Waals surface area contributed by atoms with Crippen molar-refractivity contribution in [2.75, 3.05) is 0 Å². The Hall–Kier alpha value is -1.65. The van der Waals surface area contributed by atoms with Gasteiger partial charge in [-0.25, -0.2) is 14.4 Å². The maximum Gasteiger partial charge on any atom is 0.425 e. The highest BCUT2D eigenvalue weighted by Gasteiger charge is 2.15. The third-order valence-corrected chi connectivity index (χ3v) is 0.671. The fourth-order valence-electron chi connectivity index (χ4n) is 0.305. The number of esters is 2. The van der Waals surface area contributed by atoms with Gasteiger partial charge in [-0.3, -0.25) is 0 Å². The van der Waals surface area contributed by atoms with E-state index in [2.05, 4.69) is 4.74 Å². The normalized spacial score (nSPS) is 9.55. The van der Waals surface area contributed by atoms with Crippen molar-refractivity contribution in [1.29, 1.82) is 0 Å². The summed E-state index contributed by atoms with van der Waals surface area (Å²) in [4.78, 5) is 30.3. The molecule has 0 spiro atoms. The second-order valence-electron chi connectivity index (χ2n) is 1.51. The van der Waals surface area contributed by atoms with Crippen LogP contribution >= 0.6 is 0 Å². The molecule has 0 heterocycles. The predicted octanol–water partition coefficient (Wildman–Crippen LogP) is -0.283. The lowest BCUT2D eigenvalue weighted by Crippen LogP contribution is -2.19. The summed E-state index contributed by atoms with van der Waals surface area (Å²) >= 11 is 0. The number of carboxylic acid groups (broad SMARTS) is 1. The predicted molar refractivity (Wildman–Crippen MR) is 33.5 cm³/mol. The zero-order valence-corrected chi connectivity index (χ0v) is 5.73. The highest BCUT2D eigenvalue weighted by Crippen LogP contribution is 1.83. The Balaban J connectivity index is 3.96. The molecule has 0 saturated heterocycles. The molecule has 0 saturated carbocycles. The fourth-order valence-corrected chi connectivity index (χ4v) is 0.305. The number of hydrogen-bond acceptors (Lipinski definition) is 4. The Bertz CT molecular complexity index is 215. The number of ether oxygens (including phenoxy) is 1. The lowest BCUT2D eigenvalue weighted by molar-refractivity contribution is -0.168. The van der Waals surface area contributed by atoms with Crippen molar-refractivity contribution >= 4 is 17.9 Å². The third-order valence-electron chi connectivity index (χ3n) is 0.671. The van der Waals surface area contributed by atoms with Crippen LogP contribution in [0, 0.1) is 0 Å². The van der Waals surface area contributed by atoms with Crippen LogP contribution in [0.4, 0.5) is 0 Å². The zero-order chi connectivity index (χ0) is 8.85. The molecule has 0 aliphatic rings. The van der Waals surface area contributed by atoms with Crippen molar-refractivity contribution in [3.8, 4) is 0 Å². The summed E-state index contributed by atoms with van der Waals surface area (Å²) in [5.41, 5.74) is 0. The molecule has 0 bridgehead atoms. The van der Waals surface area contributed by atoms with Crippen LogP contribution < -0.4 is 0 Å². The van der Waals surface area contributed by atoms with E-state index in [1.165, 1.54) is 13.0 Å². The van der Waals surface area contributed by atoms with Crippen LogP contribution in [-0.4, -0.2) is 23.0 Å². The first-order valence-electron chi connectivity index (χ1n) is 2.69. The van der Waals surface area contributed by atoms with Gasteiger partial charge in [-0.1, -0.05) is 6.08 Å². The molecule has 0 unspecified atom stereocenters. The number of hydrogen-bond donors (Lipinski definition) is 1. The highest BCUT2D eigenvalue weighted by atomic mass is 16.6. The summed E-state index contributed by atoms with van der Waals surface area (Å²) < 4.78 is 3.79. The van der Waals surface area contributed by atoms with E-state index >= 15 is 0 Å². The van der Waals surface area contributed by atoms with Crippen LogP contribution in [0.15, 0.2) is 12.2 Å². The number of aliphatic carboxylic acids is 1. The summed E-state index contributed by atoms with van der Waals surface area (Å²) in [7, 11) is 0. The quantitative estimate of drug-likeness (QED) is 0.245. The number of carboxylic acids is 1. The van der Waals surface area contributed by atoms with Crippen LogP contribution in [-0.2, 0) is 19.1 Å². The zero-order valence-electron chi connectivity index (χ0n) is 5.73. The molecule has 5 heteroatoms. The Morgan fingerprint density at radius 2 is 1.91 bits per heavy atom. The molecule has 0 aromatic rings. The molecule has 1 N–H and O–H groups in total. The van der Waals surface area contributed by atoms with Crippen LogP contribution in [0.2, 0.25) is 0 Å². The molecular formula is C6H6O5. The van der Waals surface area contributed by atoms with Crippen molar-refractivity contribution in [2.24, 2.45) is 0 Å². The summed E-state index contributed by atoms with van der Waals surface area (Å²) in [6.45, 7) is 1.53. The lowest BCUT2D eigenvalue weighted by Gasteiger charge is -1.91. The van der Waals surface area contributed by atoms with Crippen molar-refractivity contribution in [1.82, 2.24) is 0 Å². The molecule has 5 nitrogen and oxygen atoms in total. The van der Waals surface area contributed by atoms with Gasteiger partial charge in [0.15, 0.2) is 0 Å². The van der Waals surface area contributed by atoms with E-state index < -0.39 is 17.9 Å². The van der Waals surface area contributed by atoms with Gasteiger partial charge >= 0.3 is 17.9 Å². The largest absolute Gasteiger partial charge is 0.473 e. The van der Waals surface area contributed by atoms with E-state index in [1.807, 2.05) is 0 Å². The van der Waals surface area contributed by atoms with E-state index in [4.69, 9.17) is 5.11 Å². The molecule has 60 valence electrons. The minimum atomic E-state index is -1.79. The van der Waals surface area contributed by atoms with Crippen molar-refractivity contribution in [3.05, 3.63) is 12.2 Å². The molecule has 0 fully saturated rings. The van der Waals surface area contributed by atoms with E-state index in [0.717, 1.165) is 6.08 Å². The van der Waals surface area contributed by atoms with Crippen molar-refractivity contribution in [3.63, 3.8) is 0 Å². The van der Waals surface area contributed by atoms with Crippen molar-refractivity contribution in [2.45, 2.75) is 6.92 Å². The Morgan fingerprint density at radius 3 is 2.27 bits per heavy atom. The maximum atomic E-state index is 10.4. The van der Waals surface area contributed by atoms with Crippen LogP contribution in [0.3, 0.4) is 0 Å². The van der Waals surface area contributed by atoms with Gasteiger partial charge in [0.25, 0.3) is 0 Å². The number of carbonyl (C=O) groups excluding carboxylic acids is 2. The Morgan fingerprint density at radius 1 is 1.36 bits per heavy atom. The molecule has 0 aromatic heterocycles. The first-order valence-corrected chi connectivity index (χ1v) is 2.69. The highest BCUT2D eigenvalue weighted by molar-refractivity contribution is 6.30. The van der Waals surface area contributed by atoms with Gasteiger partial charge in [-0.15, -0.1) is 0 Å². The standard InChI is InChI=1S/C6H6O5/c1-2-3-4(7)11-6(10)5(8)9/h2-3H,1H3,(H,8,9)/b3-2+. The summed E-state index contributed by atoms with van der Waals surface area (Å²) in [5, 5.41) is 7.95. The maximum absolute atomic E-state index is 10.4. The molecular weight excluding hydrogens is 152 g/mol. The van der Waals surface area contributed by atoms with Crippen molar-refractivity contribution < 1.29 is 24.2 Å². The van der Waals surface area contributed by atoms with Gasteiger partial charge in [0.1, 0.15) is 0 Å². The second kappa shape index (κ2) is 4.21. The number of allylic oxidation sites excluding steroid dienone is 1. The monoisotopic (exact) mass is 158 g/mol. The Labute approximate surface area is 62.3 Å². The molecule has 0 rings (SSSR count). The molecule has 0 aromatic carbocycles. The summed E-state index contributed by atoms with van der Waals surface area (Å²) in [6, 6.07) is 0. The third kappa shape index (κ3) is 3.85. The van der Waals surface area contributed by atoms with Gasteiger partial charge in [-0.2, -0.15) is 0 Å². The average molecular weight is 158 g/mol. The van der Waals surface area contributed by atoms with Gasteiger partial charge in [0.05, 0.1) is 0 Å². The van der Waals surface area contributed by atoms with E-state index in [-0.39, 0.29) is 0 Å². The first-order chi connectivity index (χ1) is 5.07. The molecule has 0 amide bonds. The number of rotatable bonds is 1. The lowest BCUT2D eigenvalue weighted by atomic mass is 10.5. The van der Waals surface area contributed by atoms with E-state index in [9.17, 15) is 14.4 Å². The van der Waals surface area contributed by atoms with Gasteiger partial charge in [0.2, 0.25) is 0 Å². The van der Waals surface area contributed by atoms with E-state index in [1.54, 1.807) is 0 Å². The average Bonchev–Trinajstić information content (AvgIpc) is 1.87. The summed E-state index contributed by atoms with van der Waals surface area (Å²) in [6.07, 6.45) is 2.28. The minimum Gasteiger partial charge on any atom is -0.473 e. The summed E-state index contributed by atoms with van der Waals surface area (Å²) in [5.74, 6) is -4.35. The smallest absolute Gasteiger partial charge is 0.425 e. The van der Waals surface area contributed by atoms with Crippen LogP contribution in [0.1, 0.15) is 6.92 Å². The van der Waals surface area contributed by atoms with Gasteiger partial charge in [0, 0.05) is 6.08 Å². The Kier molecular flexibility index (Phi) is 3.58. The molecule has 11 heavy (non-hydrogen) atoms. The van der Waals surface area contributed by atoms with Gasteiger partial charge < -0.3 is 9.84 Å². The molecule has 0 atom stereocenters. The van der Waals surface area contributed by atoms with E-state index in [0.29, 0.717) is 0 Å². The SMILES string of the molecule is C/C=C/C(=O)OC(=O)C(=O)O. The second-order valence-corrected chi connectivity index (χ2v) is 1.51. The van der Waals surface area contributed by atoms with Crippen LogP contribution in [0.5, 0.6) is 0 Å². The topological polar surface area (TPSA) is 80.7 Å². The molecule has 0 aliphatic heterocycles. The first kappa shape index (κ1) is 9.35.